The minimum Gasteiger partial charge on any atom is -0.389 e. The molecule has 2 bridgehead atoms. The van der Waals surface area contributed by atoms with Gasteiger partial charge in [-0.05, 0) is 31.6 Å². The Kier molecular flexibility index (Phi) is 1.83. The smallest absolute Gasteiger partial charge is 0.0703 e. The van der Waals surface area contributed by atoms with Crippen molar-refractivity contribution in [3.63, 3.8) is 0 Å². The normalized spacial score (nSPS) is 44.8. The highest BCUT2D eigenvalue weighted by Crippen LogP contribution is 2.41. The van der Waals surface area contributed by atoms with Crippen LogP contribution < -0.4 is 5.84 Å². The molecule has 0 amide bonds. The molecule has 0 aromatic rings. The van der Waals surface area contributed by atoms with Gasteiger partial charge in [0.05, 0.1) is 5.60 Å². The molecular weight excluding hydrogens is 152 g/mol. The molecule has 2 atom stereocenters. The van der Waals surface area contributed by atoms with Gasteiger partial charge in [0.1, 0.15) is 0 Å². The van der Waals surface area contributed by atoms with Crippen molar-refractivity contribution in [2.45, 2.75) is 44.1 Å². The van der Waals surface area contributed by atoms with Crippen LogP contribution in [0.15, 0.2) is 5.10 Å². The van der Waals surface area contributed by atoms with Crippen molar-refractivity contribution in [3.05, 3.63) is 0 Å². The minimum absolute atomic E-state index is 0.459. The van der Waals surface area contributed by atoms with Gasteiger partial charge in [-0.3, -0.25) is 0 Å². The van der Waals surface area contributed by atoms with E-state index in [1.807, 2.05) is 0 Å². The average molecular weight is 168 g/mol. The van der Waals surface area contributed by atoms with Crippen LogP contribution in [0.25, 0.3) is 0 Å². The third-order valence-electron chi connectivity index (χ3n) is 3.16. The Hall–Kier alpha value is -0.570. The van der Waals surface area contributed by atoms with Crippen molar-refractivity contribution in [2.24, 2.45) is 16.9 Å². The van der Waals surface area contributed by atoms with Gasteiger partial charge in [0.25, 0.3) is 0 Å². The molecule has 12 heavy (non-hydrogen) atoms. The predicted octanol–water partition coefficient (Wildman–Crippen LogP) is 1.02. The van der Waals surface area contributed by atoms with Gasteiger partial charge in [-0.15, -0.1) is 0 Å². The van der Waals surface area contributed by atoms with Gasteiger partial charge in [-0.25, -0.2) is 0 Å². The van der Waals surface area contributed by atoms with Gasteiger partial charge in [0, 0.05) is 12.1 Å². The fourth-order valence-electron chi connectivity index (χ4n) is 2.68. The lowest BCUT2D eigenvalue weighted by Gasteiger charge is -2.41. The first kappa shape index (κ1) is 8.05. The highest BCUT2D eigenvalue weighted by molar-refractivity contribution is 5.86. The van der Waals surface area contributed by atoms with Crippen molar-refractivity contribution in [2.75, 3.05) is 0 Å². The summed E-state index contributed by atoms with van der Waals surface area (Å²) in [5, 5.41) is 13.8. The molecule has 2 aliphatic rings. The zero-order valence-electron chi connectivity index (χ0n) is 7.29. The molecular formula is C9H16N2O. The standard InChI is InChI=1S/C9H16N2O/c10-11-8-4-7-2-1-3-9(12,5-7)6-8/h7,12H,1-6,10H2/b11-8+/t7-,9-/m1/s1. The van der Waals surface area contributed by atoms with Gasteiger partial charge >= 0.3 is 0 Å². The Morgan fingerprint density at radius 1 is 1.58 bits per heavy atom. The Balaban J connectivity index is 2.15. The quantitative estimate of drug-likeness (QED) is 0.419. The summed E-state index contributed by atoms with van der Waals surface area (Å²) in [6.45, 7) is 0. The number of hydrogen-bond donors (Lipinski definition) is 2. The summed E-state index contributed by atoms with van der Waals surface area (Å²) in [7, 11) is 0. The topological polar surface area (TPSA) is 58.6 Å². The molecule has 0 aromatic heterocycles. The molecule has 2 saturated carbocycles. The van der Waals surface area contributed by atoms with E-state index in [1.165, 1.54) is 12.8 Å². The Morgan fingerprint density at radius 2 is 2.42 bits per heavy atom. The monoisotopic (exact) mass is 168 g/mol. The molecule has 3 nitrogen and oxygen atoms in total. The van der Waals surface area contributed by atoms with Gasteiger partial charge in [0.15, 0.2) is 0 Å². The molecule has 2 rings (SSSR count). The molecule has 0 aliphatic heterocycles. The lowest BCUT2D eigenvalue weighted by Crippen LogP contribution is -2.42. The second kappa shape index (κ2) is 2.73. The number of hydrazone groups is 1. The lowest BCUT2D eigenvalue weighted by molar-refractivity contribution is -0.0180. The van der Waals surface area contributed by atoms with E-state index in [9.17, 15) is 5.11 Å². The van der Waals surface area contributed by atoms with E-state index >= 15 is 0 Å². The Morgan fingerprint density at radius 3 is 3.08 bits per heavy atom. The lowest BCUT2D eigenvalue weighted by atomic mass is 9.68. The zero-order chi connectivity index (χ0) is 8.60. The average Bonchev–Trinajstić information content (AvgIpc) is 2.02. The molecule has 2 fully saturated rings. The summed E-state index contributed by atoms with van der Waals surface area (Å²) in [4.78, 5) is 0. The first-order chi connectivity index (χ1) is 5.72. The van der Waals surface area contributed by atoms with Crippen LogP contribution >= 0.6 is 0 Å². The van der Waals surface area contributed by atoms with Gasteiger partial charge in [0.2, 0.25) is 0 Å². The van der Waals surface area contributed by atoms with Crippen molar-refractivity contribution < 1.29 is 5.11 Å². The molecule has 3 N–H and O–H groups in total. The number of nitrogens with two attached hydrogens (primary N) is 1. The highest BCUT2D eigenvalue weighted by Gasteiger charge is 2.39. The van der Waals surface area contributed by atoms with Crippen molar-refractivity contribution in [1.29, 1.82) is 0 Å². The van der Waals surface area contributed by atoms with E-state index in [1.54, 1.807) is 0 Å². The SMILES string of the molecule is N/N=C1\C[C@H]2CCC[C@](O)(C1)C2. The first-order valence-corrected chi connectivity index (χ1v) is 4.70. The van der Waals surface area contributed by atoms with E-state index in [4.69, 9.17) is 5.84 Å². The number of aliphatic hydroxyl groups is 1. The Labute approximate surface area is 72.6 Å². The molecule has 0 radical (unpaired) electrons. The molecule has 2 aliphatic carbocycles. The van der Waals surface area contributed by atoms with Crippen molar-refractivity contribution in [3.8, 4) is 0 Å². The zero-order valence-corrected chi connectivity index (χ0v) is 7.29. The summed E-state index contributed by atoms with van der Waals surface area (Å²) in [6, 6.07) is 0. The number of nitrogens with zero attached hydrogens (tertiary/aromatic N) is 1. The van der Waals surface area contributed by atoms with E-state index < -0.39 is 5.60 Å². The van der Waals surface area contributed by atoms with E-state index in [0.29, 0.717) is 12.3 Å². The summed E-state index contributed by atoms with van der Waals surface area (Å²) in [5.74, 6) is 5.88. The van der Waals surface area contributed by atoms with Crippen LogP contribution in [-0.4, -0.2) is 16.4 Å². The highest BCUT2D eigenvalue weighted by atomic mass is 16.3. The molecule has 0 unspecified atom stereocenters. The number of rotatable bonds is 0. The van der Waals surface area contributed by atoms with Gasteiger partial charge in [-0.2, -0.15) is 5.10 Å². The molecule has 0 saturated heterocycles. The maximum absolute atomic E-state index is 10.1. The van der Waals surface area contributed by atoms with E-state index in [0.717, 1.165) is 25.0 Å². The number of hydrogen-bond acceptors (Lipinski definition) is 3. The van der Waals surface area contributed by atoms with Crippen LogP contribution in [0.5, 0.6) is 0 Å². The first-order valence-electron chi connectivity index (χ1n) is 4.70. The second-order valence-electron chi connectivity index (χ2n) is 4.26. The summed E-state index contributed by atoms with van der Waals surface area (Å²) in [5.41, 5.74) is 0.549. The fourth-order valence-corrected chi connectivity index (χ4v) is 2.68. The maximum atomic E-state index is 10.1. The maximum Gasteiger partial charge on any atom is 0.0703 e. The van der Waals surface area contributed by atoms with Gasteiger partial charge in [-0.1, -0.05) is 6.42 Å². The summed E-state index contributed by atoms with van der Waals surface area (Å²) >= 11 is 0. The van der Waals surface area contributed by atoms with Crippen LogP contribution in [0.1, 0.15) is 38.5 Å². The van der Waals surface area contributed by atoms with Crippen LogP contribution in [0.4, 0.5) is 0 Å². The third-order valence-corrected chi connectivity index (χ3v) is 3.16. The minimum atomic E-state index is -0.459. The predicted molar refractivity (Wildman–Crippen MR) is 47.8 cm³/mol. The van der Waals surface area contributed by atoms with Crippen LogP contribution in [-0.2, 0) is 0 Å². The van der Waals surface area contributed by atoms with Crippen LogP contribution in [0, 0.1) is 5.92 Å². The summed E-state index contributed by atoms with van der Waals surface area (Å²) < 4.78 is 0. The summed E-state index contributed by atoms with van der Waals surface area (Å²) in [6.07, 6.45) is 6.02. The van der Waals surface area contributed by atoms with Crippen LogP contribution in [0.3, 0.4) is 0 Å². The third kappa shape index (κ3) is 1.33. The van der Waals surface area contributed by atoms with Crippen molar-refractivity contribution >= 4 is 5.71 Å². The largest absolute Gasteiger partial charge is 0.389 e. The van der Waals surface area contributed by atoms with Gasteiger partial charge < -0.3 is 10.9 Å². The van der Waals surface area contributed by atoms with Crippen molar-refractivity contribution in [1.82, 2.24) is 0 Å². The van der Waals surface area contributed by atoms with E-state index in [-0.39, 0.29) is 0 Å². The molecule has 68 valence electrons. The second-order valence-corrected chi connectivity index (χ2v) is 4.26. The fraction of sp³-hybridized carbons (Fsp3) is 0.889. The number of fused-ring (bicyclic) bond motifs is 2. The molecule has 0 spiro atoms. The molecule has 0 aromatic carbocycles. The molecule has 0 heterocycles. The Bertz CT molecular complexity index is 215. The van der Waals surface area contributed by atoms with E-state index in [2.05, 4.69) is 5.10 Å². The molecule has 3 heteroatoms. The van der Waals surface area contributed by atoms with Crippen LogP contribution in [0.2, 0.25) is 0 Å².